The van der Waals surface area contributed by atoms with Gasteiger partial charge in [0.25, 0.3) is 5.56 Å². The Hall–Kier alpha value is -1.77. The van der Waals surface area contributed by atoms with Crippen LogP contribution in [0.5, 0.6) is 0 Å². The van der Waals surface area contributed by atoms with E-state index in [2.05, 4.69) is 4.98 Å². The number of H-pyrrole nitrogens is 1. The van der Waals surface area contributed by atoms with E-state index in [9.17, 15) is 19.5 Å². The van der Waals surface area contributed by atoms with Crippen molar-refractivity contribution in [3.8, 4) is 0 Å². The Labute approximate surface area is 114 Å². The van der Waals surface area contributed by atoms with E-state index < -0.39 is 35.0 Å². The zero-order valence-corrected chi connectivity index (χ0v) is 11.3. The van der Waals surface area contributed by atoms with Crippen LogP contribution in [0.3, 0.4) is 0 Å². The molecule has 4 N–H and O–H groups in total. The lowest BCUT2D eigenvalue weighted by atomic mass is 10.0. The Bertz CT molecular complexity index is 649. The number of nitrogens with two attached hydrogens (primary N) is 1. The van der Waals surface area contributed by atoms with Gasteiger partial charge >= 0.3 is 5.69 Å². The van der Waals surface area contributed by atoms with Crippen LogP contribution in [0.4, 0.5) is 0 Å². The number of carbonyl (C=O) groups excluding carboxylic acids is 1. The van der Waals surface area contributed by atoms with Crippen LogP contribution in [0.1, 0.15) is 18.9 Å². The van der Waals surface area contributed by atoms with Crippen molar-refractivity contribution in [2.24, 2.45) is 5.73 Å². The molecule has 0 bridgehead atoms. The SMILES string of the molecule is CC(=O)[C@]1(n2cc(C)c(=O)[nH]c2=O)C[C@H](O)[C@@H](CN)O1. The number of hydrogen-bond donors (Lipinski definition) is 3. The average Bonchev–Trinajstić information content (AvgIpc) is 2.72. The van der Waals surface area contributed by atoms with Crippen molar-refractivity contribution in [3.63, 3.8) is 0 Å². The van der Waals surface area contributed by atoms with Crippen LogP contribution in [0, 0.1) is 6.92 Å². The smallest absolute Gasteiger partial charge is 0.331 e. The highest BCUT2D eigenvalue weighted by atomic mass is 16.6. The number of hydrogen-bond acceptors (Lipinski definition) is 6. The zero-order chi connectivity index (χ0) is 15.1. The van der Waals surface area contributed by atoms with Crippen molar-refractivity contribution in [2.45, 2.75) is 38.2 Å². The van der Waals surface area contributed by atoms with Crippen LogP contribution in [-0.2, 0) is 15.3 Å². The lowest BCUT2D eigenvalue weighted by Gasteiger charge is -2.28. The highest BCUT2D eigenvalue weighted by molar-refractivity contribution is 5.83. The van der Waals surface area contributed by atoms with Gasteiger partial charge in [0.2, 0.25) is 5.72 Å². The minimum atomic E-state index is -1.63. The Kier molecular flexibility index (Phi) is 3.63. The number of rotatable bonds is 3. The van der Waals surface area contributed by atoms with Crippen LogP contribution in [-0.4, -0.2) is 39.2 Å². The maximum atomic E-state index is 12.0. The molecule has 8 heteroatoms. The fraction of sp³-hybridized carbons (Fsp3) is 0.583. The minimum Gasteiger partial charge on any atom is -0.390 e. The van der Waals surface area contributed by atoms with E-state index in [0.717, 1.165) is 4.57 Å². The molecular weight excluding hydrogens is 266 g/mol. The molecule has 0 aliphatic carbocycles. The van der Waals surface area contributed by atoms with Gasteiger partial charge in [-0.25, -0.2) is 4.79 Å². The number of aliphatic hydroxyl groups excluding tert-OH is 1. The number of ether oxygens (including phenoxy) is 1. The first kappa shape index (κ1) is 14.6. The molecule has 1 aromatic heterocycles. The highest BCUT2D eigenvalue weighted by Gasteiger charge is 2.51. The van der Waals surface area contributed by atoms with Crippen LogP contribution in [0.25, 0.3) is 0 Å². The summed E-state index contributed by atoms with van der Waals surface area (Å²) >= 11 is 0. The summed E-state index contributed by atoms with van der Waals surface area (Å²) in [6.45, 7) is 2.79. The molecule has 2 rings (SSSR count). The number of Topliss-reactive ketones (excluding diaryl/α,β-unsaturated/α-hetero) is 1. The molecule has 0 saturated carbocycles. The second-order valence-electron chi connectivity index (χ2n) is 4.95. The first-order valence-corrected chi connectivity index (χ1v) is 6.22. The molecule has 0 spiro atoms. The van der Waals surface area contributed by atoms with Gasteiger partial charge in [-0.3, -0.25) is 19.1 Å². The van der Waals surface area contributed by atoms with E-state index in [1.54, 1.807) is 0 Å². The number of carbonyl (C=O) groups is 1. The standard InChI is InChI=1S/C12H17N3O5/c1-6-5-15(11(19)14-10(6)18)12(7(2)16)3-8(17)9(4-13)20-12/h5,8-9,17H,3-4,13H2,1-2H3,(H,14,18,19)/t8-,9+,12-/m0/s1. The van der Waals surface area contributed by atoms with Gasteiger partial charge in [-0.2, -0.15) is 0 Å². The Morgan fingerprint density at radius 3 is 2.80 bits per heavy atom. The van der Waals surface area contributed by atoms with E-state index >= 15 is 0 Å². The zero-order valence-electron chi connectivity index (χ0n) is 11.3. The Morgan fingerprint density at radius 2 is 2.30 bits per heavy atom. The maximum Gasteiger partial charge on any atom is 0.331 e. The topological polar surface area (TPSA) is 127 Å². The first-order chi connectivity index (χ1) is 9.31. The predicted octanol–water partition coefficient (Wildman–Crippen LogP) is -1.80. The molecule has 1 saturated heterocycles. The summed E-state index contributed by atoms with van der Waals surface area (Å²) in [7, 11) is 0. The number of aromatic amines is 1. The van der Waals surface area contributed by atoms with Gasteiger partial charge in [-0.05, 0) is 13.8 Å². The van der Waals surface area contributed by atoms with Gasteiger partial charge in [-0.1, -0.05) is 0 Å². The highest BCUT2D eigenvalue weighted by Crippen LogP contribution is 2.34. The third-order valence-electron chi connectivity index (χ3n) is 3.55. The first-order valence-electron chi connectivity index (χ1n) is 6.22. The molecule has 110 valence electrons. The van der Waals surface area contributed by atoms with Crippen LogP contribution in [0.2, 0.25) is 0 Å². The summed E-state index contributed by atoms with van der Waals surface area (Å²) in [6, 6.07) is 0. The maximum absolute atomic E-state index is 12.0. The molecule has 20 heavy (non-hydrogen) atoms. The van der Waals surface area contributed by atoms with Crippen molar-refractivity contribution in [3.05, 3.63) is 32.6 Å². The molecule has 0 radical (unpaired) electrons. The molecule has 1 aromatic rings. The molecule has 2 heterocycles. The second kappa shape index (κ2) is 4.97. The largest absolute Gasteiger partial charge is 0.390 e. The van der Waals surface area contributed by atoms with E-state index in [0.29, 0.717) is 0 Å². The molecular formula is C12H17N3O5. The summed E-state index contributed by atoms with van der Waals surface area (Å²) < 4.78 is 6.57. The van der Waals surface area contributed by atoms with Crippen LogP contribution in [0.15, 0.2) is 15.8 Å². The third kappa shape index (κ3) is 2.11. The predicted molar refractivity (Wildman–Crippen MR) is 69.3 cm³/mol. The number of aromatic nitrogens is 2. The number of aryl methyl sites for hydroxylation is 1. The summed E-state index contributed by atoms with van der Waals surface area (Å²) in [6.07, 6.45) is -0.523. The molecule has 0 unspecified atom stereocenters. The Balaban J connectivity index is 2.62. The third-order valence-corrected chi connectivity index (χ3v) is 3.55. The minimum absolute atomic E-state index is 0.0211. The van der Waals surface area contributed by atoms with E-state index in [1.807, 2.05) is 0 Å². The normalized spacial score (nSPS) is 29.6. The molecule has 0 aromatic carbocycles. The number of aliphatic hydroxyl groups is 1. The number of nitrogens with one attached hydrogen (secondary N) is 1. The van der Waals surface area contributed by atoms with Gasteiger partial charge in [0, 0.05) is 24.7 Å². The quantitative estimate of drug-likeness (QED) is 0.600. The second-order valence-corrected chi connectivity index (χ2v) is 4.95. The fourth-order valence-electron chi connectivity index (χ4n) is 2.38. The van der Waals surface area contributed by atoms with Crippen LogP contribution < -0.4 is 17.0 Å². The molecule has 0 amide bonds. The van der Waals surface area contributed by atoms with Crippen molar-refractivity contribution in [1.29, 1.82) is 0 Å². The van der Waals surface area contributed by atoms with Crippen molar-refractivity contribution in [1.82, 2.24) is 9.55 Å². The summed E-state index contributed by atoms with van der Waals surface area (Å²) in [5, 5.41) is 9.91. The lowest BCUT2D eigenvalue weighted by Crippen LogP contribution is -2.49. The van der Waals surface area contributed by atoms with E-state index in [4.69, 9.17) is 10.5 Å². The summed E-state index contributed by atoms with van der Waals surface area (Å²) in [5.41, 5.74) is 2.82. The van der Waals surface area contributed by atoms with Gasteiger partial charge in [0.1, 0.15) is 0 Å². The summed E-state index contributed by atoms with van der Waals surface area (Å²) in [5.74, 6) is -0.443. The Morgan fingerprint density at radius 1 is 1.65 bits per heavy atom. The van der Waals surface area contributed by atoms with E-state index in [-0.39, 0.29) is 18.5 Å². The molecule has 3 atom stereocenters. The van der Waals surface area contributed by atoms with Crippen molar-refractivity contribution in [2.75, 3.05) is 6.54 Å². The van der Waals surface area contributed by atoms with Gasteiger partial charge in [-0.15, -0.1) is 0 Å². The van der Waals surface area contributed by atoms with Crippen LogP contribution >= 0.6 is 0 Å². The molecule has 1 aliphatic heterocycles. The van der Waals surface area contributed by atoms with Gasteiger partial charge < -0.3 is 15.6 Å². The average molecular weight is 283 g/mol. The lowest BCUT2D eigenvalue weighted by molar-refractivity contribution is -0.156. The molecule has 8 nitrogen and oxygen atoms in total. The van der Waals surface area contributed by atoms with Crippen molar-refractivity contribution < 1.29 is 14.6 Å². The number of nitrogens with zero attached hydrogens (tertiary/aromatic N) is 1. The van der Waals surface area contributed by atoms with Gasteiger partial charge in [0.15, 0.2) is 5.78 Å². The molecule has 1 aliphatic rings. The molecule has 1 fully saturated rings. The monoisotopic (exact) mass is 283 g/mol. The van der Waals surface area contributed by atoms with E-state index in [1.165, 1.54) is 20.0 Å². The summed E-state index contributed by atoms with van der Waals surface area (Å²) in [4.78, 5) is 37.5. The van der Waals surface area contributed by atoms with Gasteiger partial charge in [0.05, 0.1) is 12.2 Å². The number of ketones is 1. The van der Waals surface area contributed by atoms with Crippen molar-refractivity contribution >= 4 is 5.78 Å². The fourth-order valence-corrected chi connectivity index (χ4v) is 2.38.